The van der Waals surface area contributed by atoms with E-state index >= 15 is 0 Å². The summed E-state index contributed by atoms with van der Waals surface area (Å²) in [6, 6.07) is 9.08. The van der Waals surface area contributed by atoms with E-state index in [0.717, 1.165) is 32.0 Å². The minimum atomic E-state index is 0.733. The molecule has 0 heterocycles. The summed E-state index contributed by atoms with van der Waals surface area (Å²) in [6.45, 7) is 11.1. The molecule has 0 atom stereocenters. The molecule has 2 nitrogen and oxygen atoms in total. The van der Waals surface area contributed by atoms with Gasteiger partial charge in [-0.05, 0) is 56.6 Å². The third-order valence-corrected chi connectivity index (χ3v) is 3.22. The van der Waals surface area contributed by atoms with Crippen molar-refractivity contribution < 1.29 is 0 Å². The maximum absolute atomic E-state index is 3.49. The number of hydrogen-bond acceptors (Lipinski definition) is 2. The zero-order valence-corrected chi connectivity index (χ0v) is 13.1. The molecule has 1 aromatic rings. The number of hydrogen-bond donors (Lipinski definition) is 1. The zero-order chi connectivity index (χ0) is 14.1. The highest BCUT2D eigenvalue weighted by Crippen LogP contribution is 2.07. The molecule has 0 aliphatic carbocycles. The average Bonchev–Trinajstić information content (AvgIpc) is 2.36. The first-order chi connectivity index (χ1) is 9.11. The van der Waals surface area contributed by atoms with Crippen LogP contribution in [0.25, 0.3) is 0 Å². The molecule has 0 aliphatic heterocycles. The van der Waals surface area contributed by atoms with Gasteiger partial charge >= 0.3 is 0 Å². The maximum Gasteiger partial charge on any atom is 0.0230 e. The van der Waals surface area contributed by atoms with Gasteiger partial charge in [-0.25, -0.2) is 0 Å². The molecule has 0 radical (unpaired) electrons. The standard InChI is InChI=1S/C17H30N2/c1-5-12-19(4)14-17-8-6-16(7-9-17)10-11-18-13-15(2)3/h6-9,15,18H,5,10-14H2,1-4H3. The lowest BCUT2D eigenvalue weighted by Gasteiger charge is -2.15. The van der Waals surface area contributed by atoms with E-state index in [0.29, 0.717) is 0 Å². The van der Waals surface area contributed by atoms with Gasteiger partial charge in [0.1, 0.15) is 0 Å². The molecule has 0 unspecified atom stereocenters. The Morgan fingerprint density at radius 2 is 1.74 bits per heavy atom. The number of nitrogens with zero attached hydrogens (tertiary/aromatic N) is 1. The van der Waals surface area contributed by atoms with Gasteiger partial charge in [0.05, 0.1) is 0 Å². The molecule has 0 aliphatic rings. The molecule has 0 spiro atoms. The smallest absolute Gasteiger partial charge is 0.0230 e. The summed E-state index contributed by atoms with van der Waals surface area (Å²) in [5.41, 5.74) is 2.84. The molecule has 0 aromatic heterocycles. The monoisotopic (exact) mass is 262 g/mol. The summed E-state index contributed by atoms with van der Waals surface area (Å²) in [7, 11) is 2.19. The van der Waals surface area contributed by atoms with E-state index in [1.54, 1.807) is 0 Å². The number of nitrogens with one attached hydrogen (secondary N) is 1. The minimum absolute atomic E-state index is 0.733. The van der Waals surface area contributed by atoms with Crippen molar-refractivity contribution in [2.45, 2.75) is 40.2 Å². The van der Waals surface area contributed by atoms with Crippen LogP contribution in [0.4, 0.5) is 0 Å². The highest BCUT2D eigenvalue weighted by Gasteiger charge is 2.00. The van der Waals surface area contributed by atoms with E-state index in [2.05, 4.69) is 62.3 Å². The fourth-order valence-corrected chi connectivity index (χ4v) is 2.21. The van der Waals surface area contributed by atoms with Gasteiger partial charge < -0.3 is 10.2 Å². The predicted octanol–water partition coefficient (Wildman–Crippen LogP) is 3.32. The maximum atomic E-state index is 3.49. The van der Waals surface area contributed by atoms with Gasteiger partial charge in [0.2, 0.25) is 0 Å². The van der Waals surface area contributed by atoms with Crippen molar-refractivity contribution in [2.24, 2.45) is 5.92 Å². The molecule has 0 amide bonds. The third-order valence-electron chi connectivity index (χ3n) is 3.22. The molecule has 0 bridgehead atoms. The molecule has 1 rings (SSSR count). The lowest BCUT2D eigenvalue weighted by Crippen LogP contribution is -2.22. The summed E-state index contributed by atoms with van der Waals surface area (Å²) >= 11 is 0. The SMILES string of the molecule is CCCN(C)Cc1ccc(CCNCC(C)C)cc1. The molecule has 19 heavy (non-hydrogen) atoms. The van der Waals surface area contributed by atoms with Crippen molar-refractivity contribution in [1.82, 2.24) is 10.2 Å². The van der Waals surface area contributed by atoms with Crippen LogP contribution in [0.1, 0.15) is 38.3 Å². The fraction of sp³-hybridized carbons (Fsp3) is 0.647. The van der Waals surface area contributed by atoms with Gasteiger partial charge in [-0.15, -0.1) is 0 Å². The Morgan fingerprint density at radius 3 is 2.32 bits per heavy atom. The van der Waals surface area contributed by atoms with E-state index < -0.39 is 0 Å². The Balaban J connectivity index is 2.31. The van der Waals surface area contributed by atoms with Crippen molar-refractivity contribution in [3.63, 3.8) is 0 Å². The predicted molar refractivity (Wildman–Crippen MR) is 84.5 cm³/mol. The van der Waals surface area contributed by atoms with E-state index in [4.69, 9.17) is 0 Å². The number of benzene rings is 1. The van der Waals surface area contributed by atoms with Crippen LogP contribution in [0, 0.1) is 5.92 Å². The van der Waals surface area contributed by atoms with Crippen molar-refractivity contribution in [3.8, 4) is 0 Å². The largest absolute Gasteiger partial charge is 0.316 e. The zero-order valence-electron chi connectivity index (χ0n) is 13.1. The second kappa shape index (κ2) is 9.11. The molecule has 0 saturated heterocycles. The molecule has 1 aromatic carbocycles. The highest BCUT2D eigenvalue weighted by molar-refractivity contribution is 5.22. The Morgan fingerprint density at radius 1 is 1.11 bits per heavy atom. The Labute approximate surface area is 119 Å². The Kier molecular flexibility index (Phi) is 7.76. The molecular formula is C17H30N2. The van der Waals surface area contributed by atoms with E-state index in [-0.39, 0.29) is 0 Å². The van der Waals surface area contributed by atoms with Crippen molar-refractivity contribution in [3.05, 3.63) is 35.4 Å². The first-order valence-electron chi connectivity index (χ1n) is 7.59. The third kappa shape index (κ3) is 7.34. The van der Waals surface area contributed by atoms with Crippen LogP contribution < -0.4 is 5.32 Å². The summed E-state index contributed by atoms with van der Waals surface area (Å²) in [4.78, 5) is 2.37. The average molecular weight is 262 g/mol. The van der Waals surface area contributed by atoms with E-state index in [1.807, 2.05) is 0 Å². The highest BCUT2D eigenvalue weighted by atomic mass is 15.1. The topological polar surface area (TPSA) is 15.3 Å². The molecular weight excluding hydrogens is 232 g/mol. The Hall–Kier alpha value is -0.860. The summed E-state index contributed by atoms with van der Waals surface area (Å²) in [5, 5.41) is 3.49. The normalized spacial score (nSPS) is 11.5. The van der Waals surface area contributed by atoms with Crippen LogP contribution in [-0.2, 0) is 13.0 Å². The van der Waals surface area contributed by atoms with Gasteiger partial charge in [0, 0.05) is 6.54 Å². The van der Waals surface area contributed by atoms with Gasteiger partial charge in [-0.2, -0.15) is 0 Å². The van der Waals surface area contributed by atoms with Crippen LogP contribution in [0.2, 0.25) is 0 Å². The molecule has 0 fully saturated rings. The summed E-state index contributed by atoms with van der Waals surface area (Å²) in [5.74, 6) is 0.733. The lowest BCUT2D eigenvalue weighted by atomic mass is 10.1. The Bertz CT molecular complexity index is 330. The van der Waals surface area contributed by atoms with Crippen LogP contribution in [-0.4, -0.2) is 31.6 Å². The molecule has 0 saturated carbocycles. The van der Waals surface area contributed by atoms with Crippen LogP contribution in [0.5, 0.6) is 0 Å². The van der Waals surface area contributed by atoms with Crippen molar-refractivity contribution in [2.75, 3.05) is 26.7 Å². The van der Waals surface area contributed by atoms with Gasteiger partial charge in [-0.1, -0.05) is 45.0 Å². The van der Waals surface area contributed by atoms with Gasteiger partial charge in [-0.3, -0.25) is 0 Å². The first kappa shape index (κ1) is 16.2. The lowest BCUT2D eigenvalue weighted by molar-refractivity contribution is 0.327. The number of rotatable bonds is 9. The first-order valence-corrected chi connectivity index (χ1v) is 7.59. The fourth-order valence-electron chi connectivity index (χ4n) is 2.21. The van der Waals surface area contributed by atoms with Gasteiger partial charge in [0.15, 0.2) is 0 Å². The van der Waals surface area contributed by atoms with Crippen molar-refractivity contribution in [1.29, 1.82) is 0 Å². The molecule has 108 valence electrons. The summed E-state index contributed by atoms with van der Waals surface area (Å²) < 4.78 is 0. The van der Waals surface area contributed by atoms with Crippen LogP contribution in [0.3, 0.4) is 0 Å². The summed E-state index contributed by atoms with van der Waals surface area (Å²) in [6.07, 6.45) is 2.34. The second-order valence-corrected chi connectivity index (χ2v) is 5.90. The van der Waals surface area contributed by atoms with Crippen LogP contribution in [0.15, 0.2) is 24.3 Å². The molecule has 2 heteroatoms. The molecule has 1 N–H and O–H groups in total. The van der Waals surface area contributed by atoms with Crippen molar-refractivity contribution >= 4 is 0 Å². The minimum Gasteiger partial charge on any atom is -0.316 e. The quantitative estimate of drug-likeness (QED) is 0.687. The van der Waals surface area contributed by atoms with E-state index in [1.165, 1.54) is 24.1 Å². The van der Waals surface area contributed by atoms with Crippen LogP contribution >= 0.6 is 0 Å². The van der Waals surface area contributed by atoms with Gasteiger partial charge in [0.25, 0.3) is 0 Å². The van der Waals surface area contributed by atoms with E-state index in [9.17, 15) is 0 Å². The second-order valence-electron chi connectivity index (χ2n) is 5.90.